The number of aromatic nitrogens is 4. The summed E-state index contributed by atoms with van der Waals surface area (Å²) in [6.07, 6.45) is 3.27. The lowest BCUT2D eigenvalue weighted by Crippen LogP contribution is -2.40. The van der Waals surface area contributed by atoms with Crippen molar-refractivity contribution < 1.29 is 5.11 Å². The molecule has 2 heterocycles. The number of rotatable bonds is 7. The van der Waals surface area contributed by atoms with Gasteiger partial charge in [0.25, 0.3) is 5.56 Å². The van der Waals surface area contributed by atoms with E-state index >= 15 is 0 Å². The molecule has 2 aromatic carbocycles. The van der Waals surface area contributed by atoms with Gasteiger partial charge in [0.15, 0.2) is 0 Å². The fourth-order valence-corrected chi connectivity index (χ4v) is 4.17. The van der Waals surface area contributed by atoms with Gasteiger partial charge in [0.1, 0.15) is 5.82 Å². The van der Waals surface area contributed by atoms with E-state index in [1.807, 2.05) is 42.5 Å². The number of hydrogen-bond acceptors (Lipinski definition) is 4. The fourth-order valence-electron chi connectivity index (χ4n) is 4.17. The third-order valence-corrected chi connectivity index (χ3v) is 5.82. The molecule has 0 unspecified atom stereocenters. The summed E-state index contributed by atoms with van der Waals surface area (Å²) in [5, 5.41) is 9.74. The second-order valence-electron chi connectivity index (χ2n) is 7.89. The van der Waals surface area contributed by atoms with Gasteiger partial charge in [-0.2, -0.15) is 0 Å². The van der Waals surface area contributed by atoms with Crippen LogP contribution in [0.3, 0.4) is 0 Å². The molecule has 0 aliphatic heterocycles. The van der Waals surface area contributed by atoms with Crippen molar-refractivity contribution in [2.45, 2.75) is 44.8 Å². The Hall–Kier alpha value is -3.19. The molecule has 0 saturated heterocycles. The molecule has 0 atom stereocenters. The third kappa shape index (κ3) is 3.15. The summed E-state index contributed by atoms with van der Waals surface area (Å²) in [6.45, 7) is 1.16. The van der Waals surface area contributed by atoms with Gasteiger partial charge in [-0.3, -0.25) is 13.9 Å². The summed E-state index contributed by atoms with van der Waals surface area (Å²) in [4.78, 5) is 31.1. The van der Waals surface area contributed by atoms with Gasteiger partial charge < -0.3 is 9.67 Å². The van der Waals surface area contributed by atoms with Gasteiger partial charge in [-0.1, -0.05) is 24.3 Å². The predicted molar refractivity (Wildman–Crippen MR) is 116 cm³/mol. The number of nitrogens with zero attached hydrogens (tertiary/aromatic N) is 4. The SMILES string of the molecule is O=c1c2ccccc2n(Cc2nc3ccccc3n2CCCCO)c(=O)n1C1CC1. The predicted octanol–water partition coefficient (Wildman–Crippen LogP) is 2.67. The number of aliphatic hydroxyl groups excluding tert-OH is 1. The van der Waals surface area contributed by atoms with Gasteiger partial charge in [-0.15, -0.1) is 0 Å². The van der Waals surface area contributed by atoms with Gasteiger partial charge in [0.05, 0.1) is 28.5 Å². The van der Waals surface area contributed by atoms with Crippen LogP contribution in [0, 0.1) is 0 Å². The van der Waals surface area contributed by atoms with E-state index < -0.39 is 0 Å². The lowest BCUT2D eigenvalue weighted by molar-refractivity contribution is 0.281. The first kappa shape index (κ1) is 18.8. The van der Waals surface area contributed by atoms with Crippen molar-refractivity contribution in [3.05, 3.63) is 75.2 Å². The second-order valence-corrected chi connectivity index (χ2v) is 7.89. The largest absolute Gasteiger partial charge is 0.396 e. The molecule has 1 saturated carbocycles. The van der Waals surface area contributed by atoms with Crippen molar-refractivity contribution in [2.24, 2.45) is 0 Å². The molecule has 1 N–H and O–H groups in total. The minimum atomic E-state index is -0.268. The number of imidazole rings is 1. The Morgan fingerprint density at radius 2 is 1.67 bits per heavy atom. The Labute approximate surface area is 172 Å². The number of fused-ring (bicyclic) bond motifs is 2. The number of benzene rings is 2. The van der Waals surface area contributed by atoms with Gasteiger partial charge in [-0.25, -0.2) is 9.78 Å². The van der Waals surface area contributed by atoms with E-state index in [-0.39, 0.29) is 23.9 Å². The Balaban J connectivity index is 1.68. The van der Waals surface area contributed by atoms with Crippen LogP contribution in [0.4, 0.5) is 0 Å². The van der Waals surface area contributed by atoms with E-state index in [9.17, 15) is 14.7 Å². The van der Waals surface area contributed by atoms with Crippen LogP contribution in [0.25, 0.3) is 21.9 Å². The fraction of sp³-hybridized carbons (Fsp3) is 0.348. The average molecular weight is 404 g/mol. The smallest absolute Gasteiger partial charge is 0.332 e. The van der Waals surface area contributed by atoms with Crippen LogP contribution in [0.15, 0.2) is 58.1 Å². The van der Waals surface area contributed by atoms with E-state index in [0.29, 0.717) is 30.4 Å². The van der Waals surface area contributed by atoms with Crippen molar-refractivity contribution in [3.63, 3.8) is 0 Å². The molecule has 5 rings (SSSR count). The monoisotopic (exact) mass is 404 g/mol. The lowest BCUT2D eigenvalue weighted by Gasteiger charge is -2.15. The minimum absolute atomic E-state index is 0.00391. The van der Waals surface area contributed by atoms with E-state index in [2.05, 4.69) is 4.57 Å². The van der Waals surface area contributed by atoms with Crippen LogP contribution in [0.5, 0.6) is 0 Å². The quantitative estimate of drug-likeness (QED) is 0.480. The summed E-state index contributed by atoms with van der Waals surface area (Å²) in [5.74, 6) is 0.780. The zero-order chi connectivity index (χ0) is 20.7. The van der Waals surface area contributed by atoms with Crippen molar-refractivity contribution in [3.8, 4) is 0 Å². The maximum absolute atomic E-state index is 13.3. The number of aryl methyl sites for hydroxylation is 1. The van der Waals surface area contributed by atoms with Gasteiger partial charge in [-0.05, 0) is 49.9 Å². The molecule has 0 spiro atoms. The van der Waals surface area contributed by atoms with E-state index in [4.69, 9.17) is 4.98 Å². The summed E-state index contributed by atoms with van der Waals surface area (Å²) >= 11 is 0. The Kier molecular flexibility index (Phi) is 4.75. The molecule has 7 heteroatoms. The molecule has 2 aromatic heterocycles. The Morgan fingerprint density at radius 3 is 2.43 bits per heavy atom. The van der Waals surface area contributed by atoms with Crippen LogP contribution in [-0.4, -0.2) is 30.4 Å². The molecular weight excluding hydrogens is 380 g/mol. The van der Waals surface area contributed by atoms with Crippen molar-refractivity contribution in [1.82, 2.24) is 18.7 Å². The zero-order valence-corrected chi connectivity index (χ0v) is 16.7. The topological polar surface area (TPSA) is 82.1 Å². The summed E-state index contributed by atoms with van der Waals surface area (Å²) < 4.78 is 5.22. The van der Waals surface area contributed by atoms with Crippen molar-refractivity contribution in [2.75, 3.05) is 6.61 Å². The molecule has 7 nitrogen and oxygen atoms in total. The molecule has 1 aliphatic rings. The Bertz CT molecular complexity index is 1340. The van der Waals surface area contributed by atoms with Gasteiger partial charge >= 0.3 is 5.69 Å². The lowest BCUT2D eigenvalue weighted by atomic mass is 10.2. The second kappa shape index (κ2) is 7.57. The summed E-state index contributed by atoms with van der Waals surface area (Å²) in [7, 11) is 0. The Morgan fingerprint density at radius 1 is 0.933 bits per heavy atom. The maximum Gasteiger partial charge on any atom is 0.332 e. The van der Waals surface area contributed by atoms with E-state index in [0.717, 1.165) is 36.1 Å². The highest BCUT2D eigenvalue weighted by atomic mass is 16.3. The summed E-state index contributed by atoms with van der Waals surface area (Å²) in [6, 6.07) is 15.2. The molecule has 4 aromatic rings. The molecule has 1 aliphatic carbocycles. The van der Waals surface area contributed by atoms with E-state index in [1.165, 1.54) is 4.57 Å². The highest BCUT2D eigenvalue weighted by Crippen LogP contribution is 2.32. The molecule has 1 fully saturated rings. The van der Waals surface area contributed by atoms with Crippen LogP contribution in [0.2, 0.25) is 0 Å². The highest BCUT2D eigenvalue weighted by Gasteiger charge is 2.29. The molecule has 0 radical (unpaired) electrons. The minimum Gasteiger partial charge on any atom is -0.396 e. The van der Waals surface area contributed by atoms with Gasteiger partial charge in [0.2, 0.25) is 0 Å². The van der Waals surface area contributed by atoms with Gasteiger partial charge in [0, 0.05) is 19.2 Å². The third-order valence-electron chi connectivity index (χ3n) is 5.82. The van der Waals surface area contributed by atoms with E-state index in [1.54, 1.807) is 10.6 Å². The van der Waals surface area contributed by atoms with Crippen molar-refractivity contribution in [1.29, 1.82) is 0 Å². The first-order valence-corrected chi connectivity index (χ1v) is 10.5. The van der Waals surface area contributed by atoms with Crippen LogP contribution >= 0.6 is 0 Å². The van der Waals surface area contributed by atoms with Crippen LogP contribution in [0.1, 0.15) is 37.5 Å². The molecule has 30 heavy (non-hydrogen) atoms. The maximum atomic E-state index is 13.3. The first-order valence-electron chi connectivity index (χ1n) is 10.5. The first-order chi connectivity index (χ1) is 14.7. The number of unbranched alkanes of at least 4 members (excludes halogenated alkanes) is 1. The number of para-hydroxylation sites is 3. The standard InChI is InChI=1S/C23H24N4O3/c28-14-6-5-13-25-20-10-4-2-8-18(20)24-21(25)15-26-19-9-3-1-7-17(19)22(29)27(23(26)30)16-11-12-16/h1-4,7-10,16,28H,5-6,11-15H2. The molecule has 0 bridgehead atoms. The molecular formula is C23H24N4O3. The molecule has 154 valence electrons. The highest BCUT2D eigenvalue weighted by molar-refractivity contribution is 5.78. The number of hydrogen-bond donors (Lipinski definition) is 1. The van der Waals surface area contributed by atoms with Crippen molar-refractivity contribution >= 4 is 21.9 Å². The van der Waals surface area contributed by atoms with Crippen LogP contribution in [-0.2, 0) is 13.1 Å². The summed E-state index contributed by atoms with van der Waals surface area (Å²) in [5.41, 5.74) is 2.06. The van der Waals surface area contributed by atoms with Crippen LogP contribution < -0.4 is 11.2 Å². The number of aliphatic hydroxyl groups is 1. The zero-order valence-electron chi connectivity index (χ0n) is 16.7. The normalized spacial score (nSPS) is 14.0. The molecule has 0 amide bonds. The average Bonchev–Trinajstić information content (AvgIpc) is 3.53.